The Morgan fingerprint density at radius 3 is 3.00 bits per heavy atom. The molecule has 0 fully saturated rings. The molecule has 1 aliphatic carbocycles. The van der Waals surface area contributed by atoms with E-state index in [9.17, 15) is 9.90 Å². The maximum absolute atomic E-state index is 12.3. The van der Waals surface area contributed by atoms with Crippen LogP contribution < -0.4 is 11.1 Å². The standard InChI is InChI=1S/C15H14ClN3O2/c16-13-6-10(11(17)7-18-13)15(21)19-14-9-4-2-1-3-8(9)5-12(14)20/h1-4,6-7,12,14,20H,5,17H2,(H,19,21)/t12-,14+/m0/s1. The van der Waals surface area contributed by atoms with Gasteiger partial charge in [-0.2, -0.15) is 0 Å². The van der Waals surface area contributed by atoms with Gasteiger partial charge < -0.3 is 16.2 Å². The van der Waals surface area contributed by atoms with Crippen LogP contribution in [0.3, 0.4) is 0 Å². The van der Waals surface area contributed by atoms with Crippen molar-refractivity contribution in [1.29, 1.82) is 0 Å². The van der Waals surface area contributed by atoms with Crippen LogP contribution in [-0.2, 0) is 6.42 Å². The lowest BCUT2D eigenvalue weighted by Crippen LogP contribution is -2.34. The minimum atomic E-state index is -0.648. The van der Waals surface area contributed by atoms with Gasteiger partial charge in [0.05, 0.1) is 29.6 Å². The van der Waals surface area contributed by atoms with Crippen LogP contribution >= 0.6 is 11.6 Å². The van der Waals surface area contributed by atoms with Gasteiger partial charge in [0.15, 0.2) is 0 Å². The minimum Gasteiger partial charge on any atom is -0.397 e. The molecule has 3 rings (SSSR count). The lowest BCUT2D eigenvalue weighted by atomic mass is 10.1. The van der Waals surface area contributed by atoms with Gasteiger partial charge >= 0.3 is 0 Å². The van der Waals surface area contributed by atoms with Crippen molar-refractivity contribution >= 4 is 23.2 Å². The number of nitrogens with two attached hydrogens (primary N) is 1. The van der Waals surface area contributed by atoms with Crippen LogP contribution in [0.4, 0.5) is 5.69 Å². The van der Waals surface area contributed by atoms with Crippen molar-refractivity contribution in [2.24, 2.45) is 0 Å². The molecule has 108 valence electrons. The fourth-order valence-corrected chi connectivity index (χ4v) is 2.76. The summed E-state index contributed by atoms with van der Waals surface area (Å²) in [5, 5.41) is 13.2. The Morgan fingerprint density at radius 1 is 1.43 bits per heavy atom. The van der Waals surface area contributed by atoms with Crippen molar-refractivity contribution in [1.82, 2.24) is 10.3 Å². The zero-order valence-corrected chi connectivity index (χ0v) is 11.8. The molecule has 4 N–H and O–H groups in total. The highest BCUT2D eigenvalue weighted by molar-refractivity contribution is 6.29. The fourth-order valence-electron chi connectivity index (χ4n) is 2.60. The molecule has 0 aliphatic heterocycles. The number of carbonyl (C=O) groups is 1. The Morgan fingerprint density at radius 2 is 2.19 bits per heavy atom. The summed E-state index contributed by atoms with van der Waals surface area (Å²) in [4.78, 5) is 16.2. The Labute approximate surface area is 126 Å². The van der Waals surface area contributed by atoms with E-state index in [2.05, 4.69) is 10.3 Å². The number of amides is 1. The molecule has 5 nitrogen and oxygen atoms in total. The van der Waals surface area contributed by atoms with E-state index in [0.29, 0.717) is 6.42 Å². The van der Waals surface area contributed by atoms with Crippen LogP contribution in [-0.4, -0.2) is 22.1 Å². The number of rotatable bonds is 2. The van der Waals surface area contributed by atoms with Gasteiger partial charge in [-0.15, -0.1) is 0 Å². The number of pyridine rings is 1. The number of halogens is 1. The lowest BCUT2D eigenvalue weighted by Gasteiger charge is -2.18. The smallest absolute Gasteiger partial charge is 0.254 e. The molecular weight excluding hydrogens is 290 g/mol. The number of fused-ring (bicyclic) bond motifs is 1. The zero-order chi connectivity index (χ0) is 15.0. The third kappa shape index (κ3) is 2.57. The Hall–Kier alpha value is -2.11. The quantitative estimate of drug-likeness (QED) is 0.737. The van der Waals surface area contributed by atoms with Crippen LogP contribution in [0.1, 0.15) is 27.5 Å². The van der Waals surface area contributed by atoms with Crippen molar-refractivity contribution in [3.63, 3.8) is 0 Å². The highest BCUT2D eigenvalue weighted by atomic mass is 35.5. The van der Waals surface area contributed by atoms with Crippen molar-refractivity contribution in [2.45, 2.75) is 18.6 Å². The molecule has 0 saturated heterocycles. The number of nitrogen functional groups attached to an aromatic ring is 1. The molecule has 0 saturated carbocycles. The summed E-state index contributed by atoms with van der Waals surface area (Å²) in [5.74, 6) is -0.377. The van der Waals surface area contributed by atoms with Gasteiger partial charge in [0, 0.05) is 6.42 Å². The van der Waals surface area contributed by atoms with E-state index in [1.54, 1.807) is 0 Å². The summed E-state index contributed by atoms with van der Waals surface area (Å²) in [6, 6.07) is 8.62. The molecule has 0 radical (unpaired) electrons. The Balaban J connectivity index is 1.87. The number of aliphatic hydroxyl groups is 1. The number of hydrogen-bond acceptors (Lipinski definition) is 4. The van der Waals surface area contributed by atoms with Crippen molar-refractivity contribution in [3.8, 4) is 0 Å². The third-order valence-corrected chi connectivity index (χ3v) is 3.84. The maximum atomic E-state index is 12.3. The topological polar surface area (TPSA) is 88.2 Å². The molecule has 0 spiro atoms. The second-order valence-electron chi connectivity index (χ2n) is 5.02. The predicted octanol–water partition coefficient (Wildman–Crippen LogP) is 1.71. The number of benzene rings is 1. The van der Waals surface area contributed by atoms with Crippen molar-refractivity contribution in [2.75, 3.05) is 5.73 Å². The molecule has 0 unspecified atom stereocenters. The molecule has 0 bridgehead atoms. The predicted molar refractivity (Wildman–Crippen MR) is 80.0 cm³/mol. The number of aromatic nitrogens is 1. The first-order valence-corrected chi connectivity index (χ1v) is 6.92. The Kier molecular flexibility index (Phi) is 3.53. The lowest BCUT2D eigenvalue weighted by molar-refractivity contribution is 0.0859. The van der Waals surface area contributed by atoms with E-state index in [1.807, 2.05) is 24.3 Å². The SMILES string of the molecule is Nc1cnc(Cl)cc1C(=O)N[C@@H]1c2ccccc2C[C@@H]1O. The third-order valence-electron chi connectivity index (χ3n) is 3.64. The average molecular weight is 304 g/mol. The Bertz CT molecular complexity index is 705. The molecule has 1 heterocycles. The van der Waals surface area contributed by atoms with Crippen LogP contribution in [0.5, 0.6) is 0 Å². The molecule has 2 aromatic rings. The minimum absolute atomic E-state index is 0.196. The monoisotopic (exact) mass is 303 g/mol. The number of nitrogens with zero attached hydrogens (tertiary/aromatic N) is 1. The number of aliphatic hydroxyl groups excluding tert-OH is 1. The molecule has 1 aliphatic rings. The van der Waals surface area contributed by atoms with Gasteiger partial charge in [-0.25, -0.2) is 4.98 Å². The summed E-state index contributed by atoms with van der Waals surface area (Å²) in [7, 11) is 0. The number of nitrogens with one attached hydrogen (secondary N) is 1. The van der Waals surface area contributed by atoms with E-state index in [4.69, 9.17) is 17.3 Å². The summed E-state index contributed by atoms with van der Waals surface area (Å²) < 4.78 is 0. The average Bonchev–Trinajstić information content (AvgIpc) is 2.78. The number of hydrogen-bond donors (Lipinski definition) is 3. The second kappa shape index (κ2) is 5.35. The van der Waals surface area contributed by atoms with Gasteiger partial charge in [-0.05, 0) is 17.2 Å². The second-order valence-corrected chi connectivity index (χ2v) is 5.40. The van der Waals surface area contributed by atoms with E-state index in [0.717, 1.165) is 11.1 Å². The van der Waals surface area contributed by atoms with Gasteiger partial charge in [0.25, 0.3) is 5.91 Å². The van der Waals surface area contributed by atoms with E-state index < -0.39 is 12.1 Å². The normalized spacial score (nSPS) is 20.1. The highest BCUT2D eigenvalue weighted by Gasteiger charge is 2.32. The van der Waals surface area contributed by atoms with Crippen molar-refractivity contribution < 1.29 is 9.90 Å². The first-order chi connectivity index (χ1) is 10.1. The molecule has 1 aromatic carbocycles. The summed E-state index contributed by atoms with van der Waals surface area (Å²) in [5.41, 5.74) is 8.22. The molecule has 1 amide bonds. The molecular formula is C15H14ClN3O2. The largest absolute Gasteiger partial charge is 0.397 e. The van der Waals surface area contributed by atoms with Gasteiger partial charge in [0.1, 0.15) is 5.15 Å². The first-order valence-electron chi connectivity index (χ1n) is 6.54. The van der Waals surface area contributed by atoms with E-state index in [1.165, 1.54) is 12.3 Å². The molecule has 6 heteroatoms. The fraction of sp³-hybridized carbons (Fsp3) is 0.200. The molecule has 2 atom stereocenters. The zero-order valence-electron chi connectivity index (χ0n) is 11.1. The molecule has 21 heavy (non-hydrogen) atoms. The number of anilines is 1. The van der Waals surface area contributed by atoms with Gasteiger partial charge in [0.2, 0.25) is 0 Å². The van der Waals surface area contributed by atoms with Gasteiger partial charge in [-0.1, -0.05) is 35.9 Å². The van der Waals surface area contributed by atoms with Crippen LogP contribution in [0.25, 0.3) is 0 Å². The number of carbonyl (C=O) groups excluding carboxylic acids is 1. The van der Waals surface area contributed by atoms with Crippen LogP contribution in [0, 0.1) is 0 Å². The first kappa shape index (κ1) is 13.9. The summed E-state index contributed by atoms with van der Waals surface area (Å²) in [6.07, 6.45) is 1.22. The van der Waals surface area contributed by atoms with Gasteiger partial charge in [-0.3, -0.25) is 4.79 Å². The molecule has 1 aromatic heterocycles. The van der Waals surface area contributed by atoms with Crippen LogP contribution in [0.15, 0.2) is 36.5 Å². The highest BCUT2D eigenvalue weighted by Crippen LogP contribution is 2.31. The van der Waals surface area contributed by atoms with E-state index >= 15 is 0 Å². The maximum Gasteiger partial charge on any atom is 0.254 e. The van der Waals surface area contributed by atoms with E-state index in [-0.39, 0.29) is 22.3 Å². The summed E-state index contributed by atoms with van der Waals surface area (Å²) in [6.45, 7) is 0. The van der Waals surface area contributed by atoms with Crippen molar-refractivity contribution in [3.05, 3.63) is 58.4 Å². The summed E-state index contributed by atoms with van der Waals surface area (Å²) >= 11 is 5.79. The van der Waals surface area contributed by atoms with Crippen LogP contribution in [0.2, 0.25) is 5.15 Å².